The van der Waals surface area contributed by atoms with Gasteiger partial charge >= 0.3 is 0 Å². The van der Waals surface area contributed by atoms with Gasteiger partial charge in [-0.15, -0.1) is 0 Å². The van der Waals surface area contributed by atoms with E-state index in [9.17, 15) is 14.9 Å². The predicted octanol–water partition coefficient (Wildman–Crippen LogP) is 3.33. The highest BCUT2D eigenvalue weighted by Crippen LogP contribution is 2.29. The average Bonchev–Trinajstić information content (AvgIpc) is 2.73. The van der Waals surface area contributed by atoms with Gasteiger partial charge in [0.25, 0.3) is 11.2 Å². The van der Waals surface area contributed by atoms with Crippen molar-refractivity contribution in [3.05, 3.63) is 74.3 Å². The van der Waals surface area contributed by atoms with Crippen LogP contribution in [0.4, 0.5) is 11.4 Å². The number of aromatic nitrogens is 2. The Kier molecular flexibility index (Phi) is 5.50. The van der Waals surface area contributed by atoms with E-state index in [2.05, 4.69) is 58.3 Å². The van der Waals surface area contributed by atoms with E-state index in [-0.39, 0.29) is 22.7 Å². The second-order valence-corrected chi connectivity index (χ2v) is 8.06. The first-order valence-corrected chi connectivity index (χ1v) is 10.1. The van der Waals surface area contributed by atoms with E-state index in [4.69, 9.17) is 0 Å². The summed E-state index contributed by atoms with van der Waals surface area (Å²) >= 11 is 0. The van der Waals surface area contributed by atoms with E-state index < -0.39 is 4.92 Å². The lowest BCUT2D eigenvalue weighted by Gasteiger charge is -2.38. The molecule has 8 heteroatoms. The highest BCUT2D eigenvalue weighted by atomic mass is 16.6. The molecular weight excluding hydrogens is 382 g/mol. The Morgan fingerprint density at radius 2 is 2.03 bits per heavy atom. The maximum absolute atomic E-state index is 12.0. The summed E-state index contributed by atoms with van der Waals surface area (Å²) in [7, 11) is 0. The molecule has 0 aliphatic carbocycles. The van der Waals surface area contributed by atoms with Crippen LogP contribution >= 0.6 is 0 Å². The Balaban J connectivity index is 1.59. The minimum atomic E-state index is -0.463. The molecule has 156 valence electrons. The van der Waals surface area contributed by atoms with E-state index in [1.54, 1.807) is 6.07 Å². The number of H-pyrrole nitrogens is 1. The molecule has 4 rings (SSSR count). The van der Waals surface area contributed by atoms with Crippen LogP contribution in [0.15, 0.2) is 47.5 Å². The van der Waals surface area contributed by atoms with E-state index in [0.29, 0.717) is 23.7 Å². The van der Waals surface area contributed by atoms with Gasteiger partial charge in [-0.25, -0.2) is 4.98 Å². The molecule has 30 heavy (non-hydrogen) atoms. The quantitative estimate of drug-likeness (QED) is 0.480. The molecule has 1 atom stereocenters. The van der Waals surface area contributed by atoms with Crippen molar-refractivity contribution in [3.8, 4) is 0 Å². The van der Waals surface area contributed by atoms with Gasteiger partial charge in [0.2, 0.25) is 0 Å². The molecule has 2 N–H and O–H groups in total. The summed E-state index contributed by atoms with van der Waals surface area (Å²) in [5.74, 6) is 0.364. The van der Waals surface area contributed by atoms with Crippen LogP contribution in [0.1, 0.15) is 25.0 Å². The fraction of sp³-hybridized carbons (Fsp3) is 0.364. The first-order chi connectivity index (χ1) is 14.4. The first-order valence-electron chi connectivity index (χ1n) is 10.1. The maximum Gasteiger partial charge on any atom is 0.293 e. The van der Waals surface area contributed by atoms with Gasteiger partial charge in [0, 0.05) is 31.7 Å². The first kappa shape index (κ1) is 20.0. The van der Waals surface area contributed by atoms with Gasteiger partial charge in [0.05, 0.1) is 22.2 Å². The Labute approximate surface area is 174 Å². The number of benzene rings is 2. The number of anilines is 1. The van der Waals surface area contributed by atoms with Crippen molar-refractivity contribution in [2.75, 3.05) is 18.4 Å². The van der Waals surface area contributed by atoms with Gasteiger partial charge in [-0.1, -0.05) is 38.1 Å². The Morgan fingerprint density at radius 3 is 2.77 bits per heavy atom. The van der Waals surface area contributed by atoms with Crippen LogP contribution in [0.5, 0.6) is 0 Å². The molecule has 8 nitrogen and oxygen atoms in total. The number of fused-ring (bicyclic) bond motifs is 2. The topological polar surface area (TPSA) is 104 Å². The lowest BCUT2D eigenvalue weighted by atomic mass is 9.95. The van der Waals surface area contributed by atoms with Crippen molar-refractivity contribution < 1.29 is 4.92 Å². The fourth-order valence-electron chi connectivity index (χ4n) is 4.20. The Bertz CT molecular complexity index is 1140. The molecule has 0 fully saturated rings. The van der Waals surface area contributed by atoms with Gasteiger partial charge in [-0.05, 0) is 29.5 Å². The van der Waals surface area contributed by atoms with Crippen molar-refractivity contribution in [2.24, 2.45) is 5.92 Å². The third kappa shape index (κ3) is 3.91. The number of rotatable bonds is 6. The zero-order valence-electron chi connectivity index (χ0n) is 17.1. The zero-order chi connectivity index (χ0) is 21.3. The summed E-state index contributed by atoms with van der Waals surface area (Å²) in [5, 5.41) is 15.1. The molecule has 1 unspecified atom stereocenters. The zero-order valence-corrected chi connectivity index (χ0v) is 17.1. The van der Waals surface area contributed by atoms with Crippen molar-refractivity contribution in [2.45, 2.75) is 32.9 Å². The second-order valence-electron chi connectivity index (χ2n) is 8.06. The van der Waals surface area contributed by atoms with E-state index in [1.807, 2.05) is 0 Å². The molecule has 1 aliphatic heterocycles. The normalized spacial score (nSPS) is 15.2. The molecule has 2 aromatic carbocycles. The standard InChI is InChI=1S/C22H25N5O3/c1-14(2)21(26-8-7-15-5-3-4-6-16(15)12-26)11-23-19-10-18-17(9-20(19)27(29)30)22(28)25-13-24-18/h3-6,9-10,13-14,21,23H,7-8,11-12H2,1-2H3,(H,24,25,28). The van der Waals surface area contributed by atoms with Crippen molar-refractivity contribution >= 4 is 22.3 Å². The molecular formula is C22H25N5O3. The van der Waals surface area contributed by atoms with Gasteiger partial charge in [-0.2, -0.15) is 0 Å². The van der Waals surface area contributed by atoms with Crippen LogP contribution in [0.3, 0.4) is 0 Å². The van der Waals surface area contributed by atoms with Crippen molar-refractivity contribution in [1.29, 1.82) is 0 Å². The van der Waals surface area contributed by atoms with E-state index in [1.165, 1.54) is 23.5 Å². The van der Waals surface area contributed by atoms with Crippen LogP contribution in [-0.4, -0.2) is 38.9 Å². The summed E-state index contributed by atoms with van der Waals surface area (Å²) in [6.07, 6.45) is 2.31. The molecule has 2 heterocycles. The highest BCUT2D eigenvalue weighted by Gasteiger charge is 2.26. The summed E-state index contributed by atoms with van der Waals surface area (Å²) in [6.45, 7) is 6.73. The largest absolute Gasteiger partial charge is 0.378 e. The third-order valence-electron chi connectivity index (χ3n) is 5.86. The summed E-state index contributed by atoms with van der Waals surface area (Å²) < 4.78 is 0. The number of hydrogen-bond donors (Lipinski definition) is 2. The van der Waals surface area contributed by atoms with Crippen LogP contribution < -0.4 is 10.9 Å². The molecule has 0 radical (unpaired) electrons. The van der Waals surface area contributed by atoms with Crippen LogP contribution in [0.25, 0.3) is 10.9 Å². The molecule has 1 aromatic heterocycles. The molecule has 1 aliphatic rings. The number of nitrogens with zero attached hydrogens (tertiary/aromatic N) is 3. The number of nitro groups is 1. The second kappa shape index (κ2) is 8.23. The smallest absolute Gasteiger partial charge is 0.293 e. The average molecular weight is 407 g/mol. The van der Waals surface area contributed by atoms with E-state index in [0.717, 1.165) is 19.5 Å². The number of nitro benzene ring substituents is 1. The van der Waals surface area contributed by atoms with Gasteiger partial charge in [0.1, 0.15) is 5.69 Å². The van der Waals surface area contributed by atoms with Gasteiger partial charge in [0.15, 0.2) is 0 Å². The molecule has 0 spiro atoms. The molecule has 3 aromatic rings. The minimum Gasteiger partial charge on any atom is -0.378 e. The highest BCUT2D eigenvalue weighted by molar-refractivity contribution is 5.86. The summed E-state index contributed by atoms with van der Waals surface area (Å²) in [5.41, 5.74) is 3.04. The van der Waals surface area contributed by atoms with Gasteiger partial charge in [-0.3, -0.25) is 19.8 Å². The summed E-state index contributed by atoms with van der Waals surface area (Å²) in [6, 6.07) is 11.6. The minimum absolute atomic E-state index is 0.118. The number of aromatic amines is 1. The summed E-state index contributed by atoms with van der Waals surface area (Å²) in [4.78, 5) is 32.2. The van der Waals surface area contributed by atoms with Crippen LogP contribution in [0, 0.1) is 16.0 Å². The Hall–Kier alpha value is -3.26. The molecule has 0 saturated heterocycles. The van der Waals surface area contributed by atoms with Crippen molar-refractivity contribution in [3.63, 3.8) is 0 Å². The predicted molar refractivity (Wildman–Crippen MR) is 117 cm³/mol. The van der Waals surface area contributed by atoms with Crippen molar-refractivity contribution in [1.82, 2.24) is 14.9 Å². The van der Waals surface area contributed by atoms with Crippen LogP contribution in [0.2, 0.25) is 0 Å². The monoisotopic (exact) mass is 407 g/mol. The number of hydrogen-bond acceptors (Lipinski definition) is 6. The van der Waals surface area contributed by atoms with E-state index >= 15 is 0 Å². The molecule has 0 bridgehead atoms. The lowest BCUT2D eigenvalue weighted by Crippen LogP contribution is -2.46. The van der Waals surface area contributed by atoms with Crippen LogP contribution in [-0.2, 0) is 13.0 Å². The lowest BCUT2D eigenvalue weighted by molar-refractivity contribution is -0.383. The molecule has 0 saturated carbocycles. The number of nitrogens with one attached hydrogen (secondary N) is 2. The maximum atomic E-state index is 12.0. The van der Waals surface area contributed by atoms with Gasteiger partial charge < -0.3 is 10.3 Å². The Morgan fingerprint density at radius 1 is 1.27 bits per heavy atom. The third-order valence-corrected chi connectivity index (χ3v) is 5.86. The SMILES string of the molecule is CC(C)C(CNc1cc2nc[nH]c(=O)c2cc1[N+](=O)[O-])N1CCc2ccccc2C1. The fourth-order valence-corrected chi connectivity index (χ4v) is 4.20. The molecule has 0 amide bonds.